The average molecular weight is 559 g/mol. The Balaban J connectivity index is 1.28. The number of Topliss-reactive ketones (excluding diaryl/α,β-unsaturated/α-hetero) is 1. The van der Waals surface area contributed by atoms with Crippen molar-refractivity contribution in [3.63, 3.8) is 0 Å². The number of hydrogen-bond acceptors (Lipinski definition) is 5. The van der Waals surface area contributed by atoms with Crippen LogP contribution in [0.4, 0.5) is 13.2 Å². The van der Waals surface area contributed by atoms with E-state index >= 15 is 0 Å². The number of aromatic carboxylic acids is 1. The molecule has 3 aliphatic rings. The second kappa shape index (κ2) is 10.8. The van der Waals surface area contributed by atoms with Gasteiger partial charge in [-0.05, 0) is 79.5 Å². The first-order valence-corrected chi connectivity index (χ1v) is 14.1. The lowest BCUT2D eigenvalue weighted by molar-refractivity contribution is -0.137. The minimum absolute atomic E-state index is 0.0710. The Morgan fingerprint density at radius 3 is 2.62 bits per heavy atom. The van der Waals surface area contributed by atoms with Crippen molar-refractivity contribution in [2.24, 2.45) is 17.3 Å². The van der Waals surface area contributed by atoms with Crippen LogP contribution in [-0.4, -0.2) is 59.1 Å². The first kappa shape index (κ1) is 28.6. The molecule has 216 valence electrons. The summed E-state index contributed by atoms with van der Waals surface area (Å²) >= 11 is 0. The molecular formula is C31H37F3N2O4. The van der Waals surface area contributed by atoms with Gasteiger partial charge in [0.2, 0.25) is 0 Å². The van der Waals surface area contributed by atoms with E-state index in [0.717, 1.165) is 50.0 Å². The third kappa shape index (κ3) is 5.38. The van der Waals surface area contributed by atoms with E-state index in [0.29, 0.717) is 30.0 Å². The zero-order chi connectivity index (χ0) is 28.8. The maximum atomic E-state index is 14.1. The van der Waals surface area contributed by atoms with Crippen molar-refractivity contribution in [1.29, 1.82) is 0 Å². The molecule has 4 atom stereocenters. The van der Waals surface area contributed by atoms with Gasteiger partial charge < -0.3 is 9.84 Å². The summed E-state index contributed by atoms with van der Waals surface area (Å²) in [5.41, 5.74) is 0.520. The van der Waals surface area contributed by atoms with Gasteiger partial charge in [-0.25, -0.2) is 4.79 Å². The van der Waals surface area contributed by atoms with Crippen molar-refractivity contribution in [3.05, 3.63) is 64.7 Å². The van der Waals surface area contributed by atoms with Gasteiger partial charge in [0, 0.05) is 30.6 Å². The number of halogens is 3. The van der Waals surface area contributed by atoms with Gasteiger partial charge in [-0.15, -0.1) is 0 Å². The molecule has 2 fully saturated rings. The predicted octanol–water partition coefficient (Wildman–Crippen LogP) is 6.06. The number of benzene rings is 2. The number of piperidine rings is 1. The Hall–Kier alpha value is -2.91. The summed E-state index contributed by atoms with van der Waals surface area (Å²) in [6.45, 7) is 8.80. The third-order valence-corrected chi connectivity index (χ3v) is 9.39. The summed E-state index contributed by atoms with van der Waals surface area (Å²) in [6, 6.07) is 10.5. The number of hydrogen-bond donors (Lipinski definition) is 1. The number of carboxylic acid groups (broad SMARTS) is 1. The smallest absolute Gasteiger partial charge is 0.416 e. The zero-order valence-corrected chi connectivity index (χ0v) is 23.2. The Morgan fingerprint density at radius 2 is 1.95 bits per heavy atom. The largest absolute Gasteiger partial charge is 0.478 e. The SMILES string of the molecule is CC(C)[C@]1(CN2COc3ccc(C(F)(F)F)cc3C2)CC[C@@H](N2CC[C@@H](c3cccc(C(=O)O)c3)[C@H](C)C2)C1=O. The van der Waals surface area contributed by atoms with Crippen LogP contribution in [0.15, 0.2) is 42.5 Å². The van der Waals surface area contributed by atoms with Gasteiger partial charge in [0.05, 0.1) is 17.2 Å². The molecule has 2 aromatic carbocycles. The quantitative estimate of drug-likeness (QED) is 0.465. The fourth-order valence-corrected chi connectivity index (χ4v) is 7.07. The van der Waals surface area contributed by atoms with Gasteiger partial charge in [-0.1, -0.05) is 32.9 Å². The summed E-state index contributed by atoms with van der Waals surface area (Å²) < 4.78 is 45.7. The van der Waals surface area contributed by atoms with Crippen LogP contribution in [0.1, 0.15) is 73.0 Å². The fourth-order valence-electron chi connectivity index (χ4n) is 7.07. The molecule has 0 amide bonds. The summed E-state index contributed by atoms with van der Waals surface area (Å²) in [5.74, 6) is 0.308. The highest BCUT2D eigenvalue weighted by Gasteiger charge is 2.53. The molecule has 40 heavy (non-hydrogen) atoms. The average Bonchev–Trinajstić information content (AvgIpc) is 3.24. The van der Waals surface area contributed by atoms with E-state index in [1.54, 1.807) is 18.2 Å². The van der Waals surface area contributed by atoms with Crippen molar-refractivity contribution in [2.45, 2.75) is 64.7 Å². The van der Waals surface area contributed by atoms with E-state index in [1.165, 1.54) is 6.07 Å². The van der Waals surface area contributed by atoms with E-state index in [9.17, 15) is 27.9 Å². The first-order chi connectivity index (χ1) is 18.9. The Morgan fingerprint density at radius 1 is 1.18 bits per heavy atom. The lowest BCUT2D eigenvalue weighted by Crippen LogP contribution is -2.52. The van der Waals surface area contributed by atoms with E-state index in [4.69, 9.17) is 4.74 Å². The van der Waals surface area contributed by atoms with Gasteiger partial charge >= 0.3 is 12.1 Å². The molecule has 0 bridgehead atoms. The Kier molecular flexibility index (Phi) is 7.74. The molecule has 0 aromatic heterocycles. The molecule has 0 spiro atoms. The molecule has 2 aromatic rings. The number of carboxylic acids is 1. The minimum atomic E-state index is -4.42. The van der Waals surface area contributed by atoms with Crippen molar-refractivity contribution in [1.82, 2.24) is 9.80 Å². The fraction of sp³-hybridized carbons (Fsp3) is 0.548. The van der Waals surface area contributed by atoms with Crippen LogP contribution in [-0.2, 0) is 17.5 Å². The number of fused-ring (bicyclic) bond motifs is 1. The Bertz CT molecular complexity index is 1280. The molecule has 5 rings (SSSR count). The number of carbonyl (C=O) groups excluding carboxylic acids is 1. The van der Waals surface area contributed by atoms with Crippen LogP contribution in [0, 0.1) is 17.3 Å². The minimum Gasteiger partial charge on any atom is -0.478 e. The van der Waals surface area contributed by atoms with Crippen LogP contribution in [0.2, 0.25) is 0 Å². The highest BCUT2D eigenvalue weighted by molar-refractivity contribution is 5.92. The van der Waals surface area contributed by atoms with Gasteiger partial charge in [-0.2, -0.15) is 13.2 Å². The maximum absolute atomic E-state index is 14.1. The van der Waals surface area contributed by atoms with E-state index < -0.39 is 23.1 Å². The molecule has 6 nitrogen and oxygen atoms in total. The van der Waals surface area contributed by atoms with Gasteiger partial charge in [0.25, 0.3) is 0 Å². The standard InChI is InChI=1S/C31H37F3N2O4/c1-19(2)30(17-35-16-23-14-24(31(32,33)34)7-8-27(23)40-18-35)11-9-26(28(30)37)36-12-10-25(20(3)15-36)21-5-4-6-22(13-21)29(38)39/h4-8,13-14,19-20,25-26H,9-12,15-18H2,1-3H3,(H,38,39)/t20-,25-,26-,30-/m1/s1. The number of likely N-dealkylation sites (tertiary alicyclic amines) is 1. The molecule has 2 heterocycles. The second-order valence-corrected chi connectivity index (χ2v) is 12.1. The highest BCUT2D eigenvalue weighted by Crippen LogP contribution is 2.46. The van der Waals surface area contributed by atoms with Crippen molar-refractivity contribution in [2.75, 3.05) is 26.4 Å². The van der Waals surface area contributed by atoms with Crippen molar-refractivity contribution >= 4 is 11.8 Å². The van der Waals surface area contributed by atoms with E-state index in [1.807, 2.05) is 11.0 Å². The van der Waals surface area contributed by atoms with Crippen LogP contribution >= 0.6 is 0 Å². The van der Waals surface area contributed by atoms with Crippen molar-refractivity contribution < 1.29 is 32.6 Å². The summed E-state index contributed by atoms with van der Waals surface area (Å²) in [4.78, 5) is 29.8. The summed E-state index contributed by atoms with van der Waals surface area (Å²) in [7, 11) is 0. The maximum Gasteiger partial charge on any atom is 0.416 e. The molecule has 0 unspecified atom stereocenters. The highest BCUT2D eigenvalue weighted by atomic mass is 19.4. The van der Waals surface area contributed by atoms with Crippen molar-refractivity contribution in [3.8, 4) is 5.75 Å². The molecule has 1 saturated heterocycles. The van der Waals surface area contributed by atoms with Crippen LogP contribution < -0.4 is 4.74 Å². The topological polar surface area (TPSA) is 70.1 Å². The van der Waals surface area contributed by atoms with Crippen LogP contribution in [0.3, 0.4) is 0 Å². The van der Waals surface area contributed by atoms with Gasteiger partial charge in [0.15, 0.2) is 5.78 Å². The van der Waals surface area contributed by atoms with Crippen LogP contribution in [0.25, 0.3) is 0 Å². The lowest BCUT2D eigenvalue weighted by Gasteiger charge is -2.42. The Labute approximate surface area is 233 Å². The van der Waals surface area contributed by atoms with Crippen LogP contribution in [0.5, 0.6) is 5.75 Å². The van der Waals surface area contributed by atoms with Gasteiger partial charge in [0.1, 0.15) is 12.5 Å². The molecule has 2 aliphatic heterocycles. The molecule has 0 radical (unpaired) electrons. The number of ether oxygens (including phenoxy) is 1. The van der Waals surface area contributed by atoms with E-state index in [-0.39, 0.29) is 36.3 Å². The molecule has 1 saturated carbocycles. The second-order valence-electron chi connectivity index (χ2n) is 12.1. The predicted molar refractivity (Wildman–Crippen MR) is 144 cm³/mol. The zero-order valence-electron chi connectivity index (χ0n) is 23.2. The molecule has 1 N–H and O–H groups in total. The number of alkyl halides is 3. The molecular weight excluding hydrogens is 521 g/mol. The number of ketones is 1. The summed E-state index contributed by atoms with van der Waals surface area (Å²) in [6.07, 6.45) is -2.09. The lowest BCUT2D eigenvalue weighted by atomic mass is 9.73. The normalized spacial score (nSPS) is 28.0. The van der Waals surface area contributed by atoms with E-state index in [2.05, 4.69) is 25.7 Å². The number of carbonyl (C=O) groups is 2. The van der Waals surface area contributed by atoms with Gasteiger partial charge in [-0.3, -0.25) is 14.6 Å². The first-order valence-electron chi connectivity index (χ1n) is 14.1. The third-order valence-electron chi connectivity index (χ3n) is 9.39. The number of rotatable bonds is 6. The molecule has 1 aliphatic carbocycles. The molecule has 9 heteroatoms. The summed E-state index contributed by atoms with van der Waals surface area (Å²) in [5, 5.41) is 9.39. The number of nitrogens with zero attached hydrogens (tertiary/aromatic N) is 2. The monoisotopic (exact) mass is 558 g/mol.